The van der Waals surface area contributed by atoms with Gasteiger partial charge in [-0.05, 0) is 38.7 Å². The number of aliphatic hydroxyl groups is 1. The van der Waals surface area contributed by atoms with Gasteiger partial charge in [-0.1, -0.05) is 29.8 Å². The lowest BCUT2D eigenvalue weighted by atomic mass is 9.98. The van der Waals surface area contributed by atoms with Crippen LogP contribution in [0.25, 0.3) is 0 Å². The molecule has 23 heavy (non-hydrogen) atoms. The fourth-order valence-electron chi connectivity index (χ4n) is 3.89. The van der Waals surface area contributed by atoms with E-state index in [1.165, 1.54) is 5.56 Å². The monoisotopic (exact) mass is 316 g/mol. The lowest BCUT2D eigenvalue weighted by Gasteiger charge is -2.39. The molecule has 2 fully saturated rings. The zero-order valence-electron chi connectivity index (χ0n) is 14.2. The van der Waals surface area contributed by atoms with Crippen molar-refractivity contribution in [3.63, 3.8) is 0 Å². The average Bonchev–Trinajstić information content (AvgIpc) is 3.00. The molecule has 2 aliphatic rings. The van der Waals surface area contributed by atoms with Crippen LogP contribution < -0.4 is 0 Å². The molecule has 1 amide bonds. The lowest BCUT2D eigenvalue weighted by molar-refractivity contribution is -0.134. The molecule has 0 aromatic heterocycles. The molecule has 1 aliphatic carbocycles. The van der Waals surface area contributed by atoms with Gasteiger partial charge in [0.2, 0.25) is 5.91 Å². The van der Waals surface area contributed by atoms with Crippen LogP contribution in [0.15, 0.2) is 24.3 Å². The number of rotatable bonds is 3. The molecule has 1 saturated carbocycles. The Balaban J connectivity index is 1.56. The van der Waals surface area contributed by atoms with E-state index in [0.717, 1.165) is 51.0 Å². The number of benzene rings is 1. The highest BCUT2D eigenvalue weighted by Crippen LogP contribution is 2.26. The van der Waals surface area contributed by atoms with Gasteiger partial charge in [0.25, 0.3) is 0 Å². The molecular formula is C19H28N2O2. The molecule has 0 radical (unpaired) electrons. The number of carbonyl (C=O) groups excluding carboxylic acids is 1. The van der Waals surface area contributed by atoms with Crippen molar-refractivity contribution in [2.45, 2.75) is 51.2 Å². The standard InChI is InChI=1S/C19H28N2O2/c1-14-6-8-16(9-7-14)15(2)19(23)21-12-10-20(11-13-21)17-4-3-5-18(17)22/h6-9,15,17-18,22H,3-5,10-13H2,1-2H3. The van der Waals surface area contributed by atoms with Crippen LogP contribution >= 0.6 is 0 Å². The van der Waals surface area contributed by atoms with E-state index in [1.807, 2.05) is 11.8 Å². The quantitative estimate of drug-likeness (QED) is 0.929. The molecule has 3 rings (SSSR count). The molecule has 4 heteroatoms. The predicted octanol–water partition coefficient (Wildman–Crippen LogP) is 2.16. The van der Waals surface area contributed by atoms with Crippen LogP contribution in [0.4, 0.5) is 0 Å². The summed E-state index contributed by atoms with van der Waals surface area (Å²) in [4.78, 5) is 17.1. The van der Waals surface area contributed by atoms with E-state index in [-0.39, 0.29) is 17.9 Å². The SMILES string of the molecule is Cc1ccc(C(C)C(=O)N2CCN(C3CCCC3O)CC2)cc1. The number of piperazine rings is 1. The minimum absolute atomic E-state index is 0.0841. The summed E-state index contributed by atoms with van der Waals surface area (Å²) in [7, 11) is 0. The first kappa shape index (κ1) is 16.5. The van der Waals surface area contributed by atoms with E-state index in [4.69, 9.17) is 0 Å². The maximum Gasteiger partial charge on any atom is 0.229 e. The number of aryl methyl sites for hydroxylation is 1. The Morgan fingerprint density at radius 2 is 1.78 bits per heavy atom. The number of aliphatic hydroxyl groups excluding tert-OH is 1. The summed E-state index contributed by atoms with van der Waals surface area (Å²) < 4.78 is 0. The molecule has 1 aromatic rings. The topological polar surface area (TPSA) is 43.8 Å². The van der Waals surface area contributed by atoms with Crippen LogP contribution in [0, 0.1) is 6.92 Å². The van der Waals surface area contributed by atoms with Crippen LogP contribution in [0.5, 0.6) is 0 Å². The molecule has 1 aliphatic heterocycles. The van der Waals surface area contributed by atoms with Gasteiger partial charge in [0, 0.05) is 32.2 Å². The normalized spacial score (nSPS) is 27.2. The van der Waals surface area contributed by atoms with Gasteiger partial charge in [-0.25, -0.2) is 0 Å². The first-order chi connectivity index (χ1) is 11.1. The fraction of sp³-hybridized carbons (Fsp3) is 0.632. The summed E-state index contributed by atoms with van der Waals surface area (Å²) in [5, 5.41) is 10.1. The first-order valence-electron chi connectivity index (χ1n) is 8.83. The summed E-state index contributed by atoms with van der Waals surface area (Å²) in [5.41, 5.74) is 2.31. The third-order valence-corrected chi connectivity index (χ3v) is 5.49. The molecule has 0 spiro atoms. The van der Waals surface area contributed by atoms with Crippen molar-refractivity contribution in [3.05, 3.63) is 35.4 Å². The summed E-state index contributed by atoms with van der Waals surface area (Å²) in [5.74, 6) is 0.139. The molecule has 126 valence electrons. The molecular weight excluding hydrogens is 288 g/mol. The predicted molar refractivity (Wildman–Crippen MR) is 91.4 cm³/mol. The smallest absolute Gasteiger partial charge is 0.229 e. The molecule has 3 atom stereocenters. The van der Waals surface area contributed by atoms with Crippen LogP contribution in [0.3, 0.4) is 0 Å². The second-order valence-corrected chi connectivity index (χ2v) is 7.06. The van der Waals surface area contributed by atoms with E-state index >= 15 is 0 Å². The van der Waals surface area contributed by atoms with Crippen molar-refractivity contribution in [2.75, 3.05) is 26.2 Å². The largest absolute Gasteiger partial charge is 0.391 e. The van der Waals surface area contributed by atoms with Gasteiger partial charge in [0.1, 0.15) is 0 Å². The highest BCUT2D eigenvalue weighted by Gasteiger charge is 2.34. The summed E-state index contributed by atoms with van der Waals surface area (Å²) >= 11 is 0. The van der Waals surface area contributed by atoms with Crippen molar-refractivity contribution in [3.8, 4) is 0 Å². The molecule has 1 saturated heterocycles. The number of hydrogen-bond donors (Lipinski definition) is 1. The minimum atomic E-state index is -0.177. The Hall–Kier alpha value is -1.39. The zero-order valence-corrected chi connectivity index (χ0v) is 14.2. The maximum absolute atomic E-state index is 12.7. The van der Waals surface area contributed by atoms with Gasteiger partial charge in [-0.15, -0.1) is 0 Å². The van der Waals surface area contributed by atoms with E-state index in [9.17, 15) is 9.90 Å². The van der Waals surface area contributed by atoms with E-state index < -0.39 is 0 Å². The van der Waals surface area contributed by atoms with Crippen molar-refractivity contribution in [1.29, 1.82) is 0 Å². The van der Waals surface area contributed by atoms with Crippen molar-refractivity contribution >= 4 is 5.91 Å². The third kappa shape index (κ3) is 3.59. The summed E-state index contributed by atoms with van der Waals surface area (Å²) in [6.07, 6.45) is 2.96. The van der Waals surface area contributed by atoms with E-state index in [0.29, 0.717) is 6.04 Å². The average molecular weight is 316 g/mol. The van der Waals surface area contributed by atoms with Crippen molar-refractivity contribution in [1.82, 2.24) is 9.80 Å². The van der Waals surface area contributed by atoms with Crippen LogP contribution in [0.1, 0.15) is 43.2 Å². The fourth-order valence-corrected chi connectivity index (χ4v) is 3.89. The molecule has 1 N–H and O–H groups in total. The van der Waals surface area contributed by atoms with Crippen molar-refractivity contribution < 1.29 is 9.90 Å². The van der Waals surface area contributed by atoms with Crippen LogP contribution in [-0.2, 0) is 4.79 Å². The number of amides is 1. The third-order valence-electron chi connectivity index (χ3n) is 5.49. The van der Waals surface area contributed by atoms with Gasteiger partial charge >= 0.3 is 0 Å². The van der Waals surface area contributed by atoms with Crippen LogP contribution in [-0.4, -0.2) is 59.1 Å². The van der Waals surface area contributed by atoms with E-state index in [1.54, 1.807) is 0 Å². The van der Waals surface area contributed by atoms with Gasteiger partial charge in [0.15, 0.2) is 0 Å². The number of hydrogen-bond acceptors (Lipinski definition) is 3. The molecule has 4 nitrogen and oxygen atoms in total. The second kappa shape index (κ2) is 7.02. The second-order valence-electron chi connectivity index (χ2n) is 7.06. The minimum Gasteiger partial charge on any atom is -0.391 e. The Labute approximate surface area is 139 Å². The van der Waals surface area contributed by atoms with Crippen LogP contribution in [0.2, 0.25) is 0 Å². The van der Waals surface area contributed by atoms with Gasteiger partial charge in [-0.3, -0.25) is 9.69 Å². The Morgan fingerprint density at radius 1 is 1.13 bits per heavy atom. The number of carbonyl (C=O) groups is 1. The van der Waals surface area contributed by atoms with Gasteiger partial charge < -0.3 is 10.0 Å². The molecule has 1 heterocycles. The van der Waals surface area contributed by atoms with Gasteiger partial charge in [0.05, 0.1) is 12.0 Å². The van der Waals surface area contributed by atoms with Crippen molar-refractivity contribution in [2.24, 2.45) is 0 Å². The summed E-state index contributed by atoms with van der Waals surface area (Å²) in [6.45, 7) is 7.38. The van der Waals surface area contributed by atoms with Gasteiger partial charge in [-0.2, -0.15) is 0 Å². The molecule has 3 unspecified atom stereocenters. The lowest BCUT2D eigenvalue weighted by Crippen LogP contribution is -2.54. The van der Waals surface area contributed by atoms with E-state index in [2.05, 4.69) is 36.1 Å². The highest BCUT2D eigenvalue weighted by molar-refractivity contribution is 5.83. The zero-order chi connectivity index (χ0) is 16.4. The Bertz CT molecular complexity index is 535. The maximum atomic E-state index is 12.7. The Kier molecular flexibility index (Phi) is 5.02. The Morgan fingerprint density at radius 3 is 2.35 bits per heavy atom. The first-order valence-corrected chi connectivity index (χ1v) is 8.83. The molecule has 0 bridgehead atoms. The molecule has 1 aromatic carbocycles. The highest BCUT2D eigenvalue weighted by atomic mass is 16.3. The number of nitrogens with zero attached hydrogens (tertiary/aromatic N) is 2. The summed E-state index contributed by atoms with van der Waals surface area (Å²) in [6, 6.07) is 8.56.